The average Bonchev–Trinajstić information content (AvgIpc) is 3.45. The molecule has 2 heterocycles. The number of para-hydroxylation sites is 1. The van der Waals surface area contributed by atoms with Crippen LogP contribution in [-0.4, -0.2) is 26.2 Å². The Morgan fingerprint density at radius 2 is 2.00 bits per heavy atom. The van der Waals surface area contributed by atoms with Crippen molar-refractivity contribution in [3.05, 3.63) is 65.4 Å². The quantitative estimate of drug-likeness (QED) is 0.381. The minimum Gasteiger partial charge on any atom is -0.411 e. The van der Waals surface area contributed by atoms with Crippen molar-refractivity contribution in [2.45, 2.75) is 36.7 Å². The SMILES string of the molecule is C[C@@H](Sc1nnc(-c2c[nH]c3ccccc23)o1)C(=O)c1ccc2c(c1)CCC2. The number of aromatic amines is 1. The smallest absolute Gasteiger partial charge is 0.277 e. The van der Waals surface area contributed by atoms with Gasteiger partial charge >= 0.3 is 0 Å². The molecule has 0 amide bonds. The molecule has 5 rings (SSSR count). The van der Waals surface area contributed by atoms with Gasteiger partial charge in [-0.05, 0) is 49.4 Å². The van der Waals surface area contributed by atoms with E-state index in [-0.39, 0.29) is 11.0 Å². The van der Waals surface area contributed by atoms with Crippen molar-refractivity contribution < 1.29 is 9.21 Å². The first-order valence-electron chi connectivity index (χ1n) is 9.42. The summed E-state index contributed by atoms with van der Waals surface area (Å²) in [4.78, 5) is 16.1. The maximum absolute atomic E-state index is 12.8. The molecule has 1 aliphatic carbocycles. The number of hydrogen-bond acceptors (Lipinski definition) is 5. The molecule has 0 saturated heterocycles. The summed E-state index contributed by atoms with van der Waals surface area (Å²) in [5.74, 6) is 0.545. The van der Waals surface area contributed by atoms with Crippen molar-refractivity contribution in [3.63, 3.8) is 0 Å². The molecule has 5 nitrogen and oxygen atoms in total. The number of benzene rings is 2. The molecule has 0 fully saturated rings. The van der Waals surface area contributed by atoms with Crippen LogP contribution in [-0.2, 0) is 12.8 Å². The van der Waals surface area contributed by atoms with E-state index in [0.29, 0.717) is 11.1 Å². The number of thioether (sulfide) groups is 1. The van der Waals surface area contributed by atoms with Crippen molar-refractivity contribution in [2.24, 2.45) is 0 Å². The second kappa shape index (κ2) is 6.95. The maximum atomic E-state index is 12.8. The molecule has 6 heteroatoms. The highest BCUT2D eigenvalue weighted by Crippen LogP contribution is 2.32. The first-order valence-corrected chi connectivity index (χ1v) is 10.3. The van der Waals surface area contributed by atoms with Crippen LogP contribution < -0.4 is 0 Å². The van der Waals surface area contributed by atoms with Crippen molar-refractivity contribution in [2.75, 3.05) is 0 Å². The van der Waals surface area contributed by atoms with E-state index in [9.17, 15) is 4.79 Å². The van der Waals surface area contributed by atoms with E-state index in [1.54, 1.807) is 0 Å². The summed E-state index contributed by atoms with van der Waals surface area (Å²) in [6.07, 6.45) is 5.23. The lowest BCUT2D eigenvalue weighted by Gasteiger charge is -2.09. The summed E-state index contributed by atoms with van der Waals surface area (Å²) in [6.45, 7) is 1.88. The van der Waals surface area contributed by atoms with Gasteiger partial charge in [0.1, 0.15) is 0 Å². The Kier molecular flexibility index (Phi) is 4.28. The average molecular weight is 389 g/mol. The van der Waals surface area contributed by atoms with Gasteiger partial charge in [-0.2, -0.15) is 0 Å². The number of carbonyl (C=O) groups excluding carboxylic acids is 1. The molecule has 4 aromatic rings. The van der Waals surface area contributed by atoms with Gasteiger partial charge in [-0.3, -0.25) is 4.79 Å². The van der Waals surface area contributed by atoms with E-state index in [4.69, 9.17) is 4.42 Å². The third-order valence-electron chi connectivity index (χ3n) is 5.26. The normalized spacial score (nSPS) is 14.3. The van der Waals surface area contributed by atoms with E-state index in [1.165, 1.54) is 29.3 Å². The molecule has 0 radical (unpaired) electrons. The van der Waals surface area contributed by atoms with Crippen LogP contribution in [0.2, 0.25) is 0 Å². The predicted molar refractivity (Wildman–Crippen MR) is 110 cm³/mol. The van der Waals surface area contributed by atoms with E-state index in [2.05, 4.69) is 21.2 Å². The summed E-state index contributed by atoms with van der Waals surface area (Å²) in [5.41, 5.74) is 5.33. The lowest BCUT2D eigenvalue weighted by atomic mass is 10.0. The van der Waals surface area contributed by atoms with Gasteiger partial charge in [-0.15, -0.1) is 10.2 Å². The Hall–Kier alpha value is -2.86. The van der Waals surface area contributed by atoms with Gasteiger partial charge in [0.25, 0.3) is 11.1 Å². The Labute approximate surface area is 166 Å². The highest BCUT2D eigenvalue weighted by Gasteiger charge is 2.22. The Bertz CT molecular complexity index is 1180. The highest BCUT2D eigenvalue weighted by molar-refractivity contribution is 8.00. The predicted octanol–water partition coefficient (Wildman–Crippen LogP) is 5.07. The van der Waals surface area contributed by atoms with Crippen LogP contribution in [0.1, 0.15) is 34.8 Å². The molecule has 0 unspecified atom stereocenters. The molecule has 0 bridgehead atoms. The van der Waals surface area contributed by atoms with E-state index >= 15 is 0 Å². The molecule has 28 heavy (non-hydrogen) atoms. The second-order valence-electron chi connectivity index (χ2n) is 7.08. The number of Topliss-reactive ketones (excluding diaryl/α,β-unsaturated/α-hetero) is 1. The standard InChI is InChI=1S/C22H19N3O2S/c1-13(20(26)16-10-9-14-5-4-6-15(14)11-16)28-22-25-24-21(27-22)18-12-23-19-8-3-2-7-17(18)19/h2-3,7-13,23H,4-6H2,1H3/t13-/m1/s1. The highest BCUT2D eigenvalue weighted by atomic mass is 32.2. The third-order valence-corrected chi connectivity index (χ3v) is 6.19. The molecular formula is C22H19N3O2S. The fourth-order valence-corrected chi connectivity index (χ4v) is 4.54. The summed E-state index contributed by atoms with van der Waals surface area (Å²) in [6, 6.07) is 14.0. The fraction of sp³-hybridized carbons (Fsp3) is 0.227. The molecule has 2 aromatic carbocycles. The van der Waals surface area contributed by atoms with Crippen LogP contribution in [0.15, 0.2) is 58.3 Å². The van der Waals surface area contributed by atoms with Crippen molar-refractivity contribution >= 4 is 28.4 Å². The van der Waals surface area contributed by atoms with Crippen LogP contribution >= 0.6 is 11.8 Å². The molecule has 140 valence electrons. The monoisotopic (exact) mass is 389 g/mol. The lowest BCUT2D eigenvalue weighted by molar-refractivity contribution is 0.0993. The van der Waals surface area contributed by atoms with Gasteiger partial charge in [0, 0.05) is 22.7 Å². The third kappa shape index (κ3) is 3.03. The fourth-order valence-electron chi connectivity index (χ4n) is 3.78. The number of carbonyl (C=O) groups is 1. The van der Waals surface area contributed by atoms with Gasteiger partial charge in [0.15, 0.2) is 5.78 Å². The molecule has 1 N–H and O–H groups in total. The Morgan fingerprint density at radius 1 is 1.14 bits per heavy atom. The number of aromatic nitrogens is 3. The molecule has 0 saturated carbocycles. The van der Waals surface area contributed by atoms with Crippen molar-refractivity contribution in [1.82, 2.24) is 15.2 Å². The number of rotatable bonds is 5. The van der Waals surface area contributed by atoms with Crippen molar-refractivity contribution in [3.8, 4) is 11.5 Å². The molecule has 0 spiro atoms. The van der Waals surface area contributed by atoms with Gasteiger partial charge in [-0.1, -0.05) is 42.1 Å². The number of nitrogens with zero attached hydrogens (tertiary/aromatic N) is 2. The summed E-state index contributed by atoms with van der Waals surface area (Å²) in [7, 11) is 0. The zero-order valence-corrected chi connectivity index (χ0v) is 16.3. The maximum Gasteiger partial charge on any atom is 0.277 e. The van der Waals surface area contributed by atoms with E-state index in [0.717, 1.165) is 34.9 Å². The minimum absolute atomic E-state index is 0.0894. The minimum atomic E-state index is -0.296. The number of aryl methyl sites for hydroxylation is 2. The van der Waals surface area contributed by atoms with Gasteiger partial charge in [-0.25, -0.2) is 0 Å². The summed E-state index contributed by atoms with van der Waals surface area (Å²) < 4.78 is 5.84. The number of fused-ring (bicyclic) bond motifs is 2. The Morgan fingerprint density at radius 3 is 2.93 bits per heavy atom. The van der Waals surface area contributed by atoms with E-state index in [1.807, 2.05) is 49.5 Å². The van der Waals surface area contributed by atoms with Crippen LogP contribution in [0.25, 0.3) is 22.4 Å². The number of H-pyrrole nitrogens is 1. The zero-order valence-electron chi connectivity index (χ0n) is 15.4. The van der Waals surface area contributed by atoms with E-state index < -0.39 is 0 Å². The van der Waals surface area contributed by atoms with Gasteiger partial charge < -0.3 is 9.40 Å². The molecule has 2 aromatic heterocycles. The first-order chi connectivity index (χ1) is 13.7. The Balaban J connectivity index is 1.34. The largest absolute Gasteiger partial charge is 0.411 e. The van der Waals surface area contributed by atoms with Crippen molar-refractivity contribution in [1.29, 1.82) is 0 Å². The summed E-state index contributed by atoms with van der Waals surface area (Å²) in [5, 5.41) is 9.45. The van der Waals surface area contributed by atoms with Crippen LogP contribution in [0.5, 0.6) is 0 Å². The summed E-state index contributed by atoms with van der Waals surface area (Å²) >= 11 is 1.30. The number of ketones is 1. The second-order valence-corrected chi connectivity index (χ2v) is 8.37. The number of nitrogens with one attached hydrogen (secondary N) is 1. The zero-order chi connectivity index (χ0) is 19.1. The lowest BCUT2D eigenvalue weighted by Crippen LogP contribution is -2.13. The van der Waals surface area contributed by atoms with Crippen LogP contribution in [0, 0.1) is 0 Å². The van der Waals surface area contributed by atoms with Gasteiger partial charge in [0.05, 0.1) is 10.8 Å². The molecule has 1 atom stereocenters. The number of hydrogen-bond donors (Lipinski definition) is 1. The van der Waals surface area contributed by atoms with Crippen LogP contribution in [0.4, 0.5) is 0 Å². The first kappa shape index (κ1) is 17.3. The topological polar surface area (TPSA) is 71.8 Å². The molecule has 1 aliphatic rings. The van der Waals surface area contributed by atoms with Gasteiger partial charge in [0.2, 0.25) is 0 Å². The van der Waals surface area contributed by atoms with Crippen LogP contribution in [0.3, 0.4) is 0 Å². The molecular weight excluding hydrogens is 370 g/mol. The molecule has 0 aliphatic heterocycles.